The maximum Gasteiger partial charge on any atom is 0.259 e. The summed E-state index contributed by atoms with van der Waals surface area (Å²) in [6, 6.07) is 5.46. The summed E-state index contributed by atoms with van der Waals surface area (Å²) in [5, 5.41) is 6.83. The van der Waals surface area contributed by atoms with Crippen LogP contribution < -0.4 is 20.9 Å². The van der Waals surface area contributed by atoms with E-state index in [0.717, 1.165) is 6.07 Å². The Morgan fingerprint density at radius 3 is 2.68 bits per heavy atom. The molecule has 0 bridgehead atoms. The lowest BCUT2D eigenvalue weighted by Gasteiger charge is -2.37. The monoisotopic (exact) mass is 588 g/mol. The molecule has 5 rings (SSSR count). The number of likely N-dealkylation sites (N-methyl/N-ethyl adjacent to an activating group) is 1. The smallest absolute Gasteiger partial charge is 0.259 e. The molecule has 1 saturated heterocycles. The minimum absolute atomic E-state index is 0.137. The highest BCUT2D eigenvalue weighted by Gasteiger charge is 2.24. The van der Waals surface area contributed by atoms with E-state index < -0.39 is 28.7 Å². The van der Waals surface area contributed by atoms with Gasteiger partial charge in [0.05, 0.1) is 30.3 Å². The Bertz CT molecular complexity index is 1510. The van der Waals surface area contributed by atoms with E-state index in [-0.39, 0.29) is 29.5 Å². The minimum Gasteiger partial charge on any atom is -0.617 e. The topological polar surface area (TPSA) is 157 Å². The zero-order valence-electron chi connectivity index (χ0n) is 22.6. The quantitative estimate of drug-likeness (QED) is 0.255. The van der Waals surface area contributed by atoms with Crippen molar-refractivity contribution < 1.29 is 22.5 Å². The maximum absolute atomic E-state index is 14.7. The summed E-state index contributed by atoms with van der Waals surface area (Å²) in [6.07, 6.45) is 3.04. The van der Waals surface area contributed by atoms with Crippen LogP contribution in [0, 0.1) is 11.6 Å². The molecule has 0 spiro atoms. The molecule has 0 saturated carbocycles. The highest BCUT2D eigenvalue weighted by Crippen LogP contribution is 2.25. The number of nitrogens with zero attached hydrogens (tertiary/aromatic N) is 8. The van der Waals surface area contributed by atoms with E-state index in [0.29, 0.717) is 62.6 Å². The number of aromatic nitrogens is 5. The van der Waals surface area contributed by atoms with Crippen molar-refractivity contribution in [3.05, 3.63) is 47.7 Å². The van der Waals surface area contributed by atoms with Crippen LogP contribution in [-0.2, 0) is 11.2 Å². The van der Waals surface area contributed by atoms with Gasteiger partial charge in [0.25, 0.3) is 11.7 Å². The molecule has 0 radical (unpaired) electrons. The van der Waals surface area contributed by atoms with Crippen molar-refractivity contribution in [1.29, 1.82) is 0 Å². The lowest BCUT2D eigenvalue weighted by Crippen LogP contribution is -2.48. The van der Waals surface area contributed by atoms with E-state index in [1.54, 1.807) is 17.0 Å². The van der Waals surface area contributed by atoms with Crippen LogP contribution in [0.2, 0.25) is 0 Å². The maximum atomic E-state index is 14.7. The number of nitrogens with two attached hydrogens (primary N) is 1. The second kappa shape index (κ2) is 12.2. The van der Waals surface area contributed by atoms with Gasteiger partial charge in [0, 0.05) is 52.4 Å². The fourth-order valence-corrected chi connectivity index (χ4v) is 4.83. The molecular weight excluding hydrogens is 558 g/mol. The van der Waals surface area contributed by atoms with Crippen molar-refractivity contribution in [2.75, 3.05) is 80.4 Å². The molecule has 1 atom stereocenters. The van der Waals surface area contributed by atoms with Crippen LogP contribution in [0.3, 0.4) is 0 Å². The van der Waals surface area contributed by atoms with Crippen LogP contribution in [0.15, 0.2) is 34.9 Å². The molecule has 1 amide bonds. The summed E-state index contributed by atoms with van der Waals surface area (Å²) in [5.74, 6) is -0.387. The molecule has 3 N–H and O–H groups in total. The van der Waals surface area contributed by atoms with Crippen LogP contribution in [-0.4, -0.2) is 105 Å². The third-order valence-electron chi connectivity index (χ3n) is 6.73. The molecule has 3 aromatic heterocycles. The molecule has 1 unspecified atom stereocenters. The zero-order chi connectivity index (χ0) is 29.1. The van der Waals surface area contributed by atoms with E-state index >= 15 is 0 Å². The van der Waals surface area contributed by atoms with Gasteiger partial charge in [0.15, 0.2) is 5.76 Å². The van der Waals surface area contributed by atoms with Crippen molar-refractivity contribution in [2.45, 2.75) is 0 Å². The molecule has 1 fully saturated rings. The zero-order valence-corrected chi connectivity index (χ0v) is 23.4. The first kappa shape index (κ1) is 28.5. The fraction of sp³-hybridized carbons (Fsp3) is 0.400. The van der Waals surface area contributed by atoms with E-state index in [9.17, 15) is 18.1 Å². The molecule has 1 aromatic carbocycles. The lowest BCUT2D eigenvalue weighted by molar-refractivity contribution is 0.0952. The average molecular weight is 589 g/mol. The number of hydrogen-bond acceptors (Lipinski definition) is 11. The summed E-state index contributed by atoms with van der Waals surface area (Å²) in [7, 11) is 1.85. The minimum atomic E-state index is -1.09. The summed E-state index contributed by atoms with van der Waals surface area (Å²) >= 11 is -1.09. The number of furan rings is 1. The number of fused-ring (bicyclic) bond motifs is 1. The van der Waals surface area contributed by atoms with Crippen LogP contribution in [0.1, 0.15) is 10.4 Å². The molecule has 16 heteroatoms. The Kier molecular flexibility index (Phi) is 8.51. The average Bonchev–Trinajstić information content (AvgIpc) is 3.62. The molecule has 1 aliphatic rings. The number of hydrogen-bond donors (Lipinski definition) is 2. The highest BCUT2D eigenvalue weighted by molar-refractivity contribution is 7.90. The summed E-state index contributed by atoms with van der Waals surface area (Å²) in [4.78, 5) is 31.5. The van der Waals surface area contributed by atoms with Gasteiger partial charge in [-0.3, -0.25) is 9.69 Å². The lowest BCUT2D eigenvalue weighted by atomic mass is 10.1. The van der Waals surface area contributed by atoms with E-state index in [2.05, 4.69) is 30.3 Å². The van der Waals surface area contributed by atoms with Crippen molar-refractivity contribution in [2.24, 2.45) is 0 Å². The van der Waals surface area contributed by atoms with Gasteiger partial charge in [-0.05, 0) is 18.2 Å². The van der Waals surface area contributed by atoms with Gasteiger partial charge in [-0.2, -0.15) is 19.5 Å². The number of amides is 1. The molecular formula is C25H30F2N10O3S. The molecule has 218 valence electrons. The summed E-state index contributed by atoms with van der Waals surface area (Å²) in [6.45, 7) is 3.66. The Hall–Kier alpha value is -4.02. The van der Waals surface area contributed by atoms with Gasteiger partial charge < -0.3 is 29.8 Å². The molecule has 41 heavy (non-hydrogen) atoms. The van der Waals surface area contributed by atoms with Crippen LogP contribution in [0.5, 0.6) is 0 Å². The first-order chi connectivity index (χ1) is 19.7. The number of piperazine rings is 1. The van der Waals surface area contributed by atoms with Gasteiger partial charge in [0.2, 0.25) is 17.7 Å². The Balaban J connectivity index is 1.17. The van der Waals surface area contributed by atoms with Crippen molar-refractivity contribution in [3.8, 4) is 11.6 Å². The van der Waals surface area contributed by atoms with Crippen molar-refractivity contribution in [1.82, 2.24) is 34.8 Å². The van der Waals surface area contributed by atoms with Crippen LogP contribution in [0.25, 0.3) is 17.4 Å². The molecule has 0 aliphatic carbocycles. The van der Waals surface area contributed by atoms with Gasteiger partial charge in [-0.25, -0.2) is 8.78 Å². The number of nitrogen functional groups attached to an aromatic ring is 1. The van der Waals surface area contributed by atoms with Gasteiger partial charge in [-0.1, -0.05) is 11.2 Å². The highest BCUT2D eigenvalue weighted by atomic mass is 32.2. The Labute approximate surface area is 237 Å². The first-order valence-electron chi connectivity index (χ1n) is 12.9. The number of nitrogens with one attached hydrogen (secondary N) is 1. The molecule has 13 nitrogen and oxygen atoms in total. The van der Waals surface area contributed by atoms with Crippen LogP contribution in [0.4, 0.5) is 26.4 Å². The predicted octanol–water partition coefficient (Wildman–Crippen LogP) is 1.01. The second-order valence-electron chi connectivity index (χ2n) is 9.57. The van der Waals surface area contributed by atoms with Crippen molar-refractivity contribution >= 4 is 40.4 Å². The normalized spacial score (nSPS) is 14.9. The first-order valence-corrected chi connectivity index (χ1v) is 14.6. The van der Waals surface area contributed by atoms with E-state index in [4.69, 9.17) is 10.2 Å². The van der Waals surface area contributed by atoms with E-state index in [1.807, 2.05) is 11.9 Å². The fourth-order valence-electron chi connectivity index (χ4n) is 4.44. The van der Waals surface area contributed by atoms with Gasteiger partial charge >= 0.3 is 0 Å². The number of anilines is 3. The van der Waals surface area contributed by atoms with Crippen molar-refractivity contribution in [3.63, 3.8) is 0 Å². The number of halogens is 2. The number of carbonyl (C=O) groups is 1. The standard InChI is InChI=1S/C25H30F2N10O3S/c1-34(24-31-23(28)37-25(32-24)30-21(33-37)20-4-3-12-40-20)6-7-35-8-10-36(11-9-35)19-14-16(17(26)15-18(19)27)22(38)29-5-13-41(2)39/h3-4,12,14-15H,5-11,13H2,1-2H3,(H,29,38)(H2,28,30,31,32,33). The predicted molar refractivity (Wildman–Crippen MR) is 150 cm³/mol. The Morgan fingerprint density at radius 2 is 1.98 bits per heavy atom. The second-order valence-corrected chi connectivity index (χ2v) is 11.1. The summed E-state index contributed by atoms with van der Waals surface area (Å²) < 4.78 is 47.0. The van der Waals surface area contributed by atoms with E-state index in [1.165, 1.54) is 23.1 Å². The van der Waals surface area contributed by atoms with Crippen LogP contribution >= 0.6 is 0 Å². The third-order valence-corrected chi connectivity index (χ3v) is 7.50. The molecule has 1 aliphatic heterocycles. The largest absolute Gasteiger partial charge is 0.617 e. The third kappa shape index (κ3) is 6.49. The SMILES string of the molecule is CN(CCN1CCN(c2cc(C(=O)NCC[S+](C)[O-])c(F)cc2F)CC1)c1nc(N)n2nc(-c3ccco3)nc2n1. The molecule has 4 heterocycles. The number of rotatable bonds is 10. The summed E-state index contributed by atoms with van der Waals surface area (Å²) in [5.41, 5.74) is 6.03. The number of benzene rings is 1. The number of carbonyl (C=O) groups excluding carboxylic acids is 1. The Morgan fingerprint density at radius 1 is 1.20 bits per heavy atom. The molecule has 4 aromatic rings. The van der Waals surface area contributed by atoms with Gasteiger partial charge in [0.1, 0.15) is 17.4 Å². The van der Waals surface area contributed by atoms with Gasteiger partial charge in [-0.15, -0.1) is 5.10 Å².